The lowest BCUT2D eigenvalue weighted by atomic mass is 9.90. The summed E-state index contributed by atoms with van der Waals surface area (Å²) in [5.41, 5.74) is 5.18. The zero-order chi connectivity index (χ0) is 18.4. The van der Waals surface area contributed by atoms with Crippen molar-refractivity contribution >= 4 is 18.1 Å². The van der Waals surface area contributed by atoms with Crippen LogP contribution in [0.4, 0.5) is 4.39 Å². The third-order valence-electron chi connectivity index (χ3n) is 4.11. The van der Waals surface area contributed by atoms with E-state index in [-0.39, 0.29) is 5.82 Å². The largest absolute Gasteiger partial charge is 0.289 e. The van der Waals surface area contributed by atoms with Gasteiger partial charge in [0.05, 0.1) is 5.92 Å². The molecule has 0 aliphatic rings. The Bertz CT molecular complexity index is 888. The lowest BCUT2D eigenvalue weighted by Crippen LogP contribution is -2.27. The summed E-state index contributed by atoms with van der Waals surface area (Å²) in [6, 6.07) is 23.0. The molecule has 130 valence electrons. The average Bonchev–Trinajstić information content (AvgIpc) is 2.69. The van der Waals surface area contributed by atoms with Crippen molar-refractivity contribution in [1.29, 1.82) is 0 Å². The van der Waals surface area contributed by atoms with E-state index in [1.165, 1.54) is 12.1 Å². The van der Waals surface area contributed by atoms with E-state index in [2.05, 4.69) is 0 Å². The molecule has 1 atom stereocenters. The Morgan fingerprint density at radius 1 is 0.808 bits per heavy atom. The number of benzene rings is 3. The molecule has 3 rings (SSSR count). The van der Waals surface area contributed by atoms with Gasteiger partial charge >= 0.3 is 0 Å². The van der Waals surface area contributed by atoms with Gasteiger partial charge in [-0.05, 0) is 34.4 Å². The smallest absolute Gasteiger partial charge is 0.255 e. The summed E-state index contributed by atoms with van der Waals surface area (Å²) in [6.45, 7) is 0. The van der Waals surface area contributed by atoms with Crippen molar-refractivity contribution in [1.82, 2.24) is 5.48 Å². The Morgan fingerprint density at radius 2 is 1.31 bits per heavy atom. The maximum absolute atomic E-state index is 12.9. The molecule has 0 saturated heterocycles. The Labute approximate surface area is 151 Å². The fourth-order valence-corrected chi connectivity index (χ4v) is 2.77. The first-order valence-corrected chi connectivity index (χ1v) is 8.20. The Kier molecular flexibility index (Phi) is 5.56. The van der Waals surface area contributed by atoms with Crippen LogP contribution in [0.1, 0.15) is 28.2 Å². The molecule has 4 heteroatoms. The molecular formula is C22H18FNO2. The second-order valence-electron chi connectivity index (χ2n) is 5.87. The Balaban J connectivity index is 1.82. The van der Waals surface area contributed by atoms with Crippen molar-refractivity contribution in [2.45, 2.75) is 5.92 Å². The SMILES string of the molecule is O=C(NO)C(c1ccccc1)c1ccc(C=Cc2ccc(F)cc2)cc1. The van der Waals surface area contributed by atoms with Gasteiger partial charge in [-0.1, -0.05) is 78.9 Å². The van der Waals surface area contributed by atoms with E-state index in [9.17, 15) is 9.18 Å². The molecule has 3 aromatic carbocycles. The first-order valence-electron chi connectivity index (χ1n) is 8.20. The summed E-state index contributed by atoms with van der Waals surface area (Å²) in [6.07, 6.45) is 3.81. The highest BCUT2D eigenvalue weighted by molar-refractivity contribution is 5.86. The van der Waals surface area contributed by atoms with E-state index in [1.807, 2.05) is 66.7 Å². The van der Waals surface area contributed by atoms with Crippen LogP contribution >= 0.6 is 0 Å². The van der Waals surface area contributed by atoms with E-state index < -0.39 is 11.8 Å². The highest BCUT2D eigenvalue weighted by atomic mass is 19.1. The fraction of sp³-hybridized carbons (Fsp3) is 0.0455. The van der Waals surface area contributed by atoms with Crippen LogP contribution in [0.2, 0.25) is 0 Å². The van der Waals surface area contributed by atoms with Crippen LogP contribution in [0.25, 0.3) is 12.2 Å². The maximum Gasteiger partial charge on any atom is 0.255 e. The van der Waals surface area contributed by atoms with Crippen LogP contribution in [-0.4, -0.2) is 11.1 Å². The molecule has 1 unspecified atom stereocenters. The van der Waals surface area contributed by atoms with E-state index in [4.69, 9.17) is 5.21 Å². The summed E-state index contributed by atoms with van der Waals surface area (Å²) in [4.78, 5) is 12.1. The summed E-state index contributed by atoms with van der Waals surface area (Å²) >= 11 is 0. The number of amides is 1. The predicted molar refractivity (Wildman–Crippen MR) is 100.0 cm³/mol. The molecule has 3 aromatic rings. The van der Waals surface area contributed by atoms with Crippen LogP contribution < -0.4 is 5.48 Å². The molecule has 1 amide bonds. The molecule has 0 fully saturated rings. The number of rotatable bonds is 5. The zero-order valence-electron chi connectivity index (χ0n) is 14.0. The van der Waals surface area contributed by atoms with Crippen molar-refractivity contribution in [3.8, 4) is 0 Å². The number of nitrogens with one attached hydrogen (secondary N) is 1. The summed E-state index contributed by atoms with van der Waals surface area (Å²) in [5.74, 6) is -1.33. The van der Waals surface area contributed by atoms with Gasteiger partial charge in [-0.25, -0.2) is 9.87 Å². The van der Waals surface area contributed by atoms with Gasteiger partial charge in [0.15, 0.2) is 0 Å². The number of hydrogen-bond donors (Lipinski definition) is 2. The monoisotopic (exact) mass is 347 g/mol. The number of carbonyl (C=O) groups is 1. The van der Waals surface area contributed by atoms with Crippen molar-refractivity contribution < 1.29 is 14.4 Å². The van der Waals surface area contributed by atoms with Crippen molar-refractivity contribution in [2.24, 2.45) is 0 Å². The summed E-state index contributed by atoms with van der Waals surface area (Å²) in [7, 11) is 0. The fourth-order valence-electron chi connectivity index (χ4n) is 2.77. The standard InChI is InChI=1S/C22H18FNO2/c23-20-14-10-17(11-15-20)7-6-16-8-12-19(13-9-16)21(22(25)24-26)18-4-2-1-3-5-18/h1-15,21,26H,(H,24,25). The van der Waals surface area contributed by atoms with Gasteiger partial charge in [0.25, 0.3) is 5.91 Å². The molecule has 3 nitrogen and oxygen atoms in total. The minimum atomic E-state index is -0.587. The third-order valence-corrected chi connectivity index (χ3v) is 4.11. The number of hydroxylamine groups is 1. The maximum atomic E-state index is 12.9. The van der Waals surface area contributed by atoms with E-state index in [0.717, 1.165) is 22.3 Å². The summed E-state index contributed by atoms with van der Waals surface area (Å²) in [5, 5.41) is 9.07. The molecule has 26 heavy (non-hydrogen) atoms. The van der Waals surface area contributed by atoms with Gasteiger partial charge < -0.3 is 0 Å². The van der Waals surface area contributed by atoms with Gasteiger partial charge in [0.1, 0.15) is 5.82 Å². The van der Waals surface area contributed by atoms with Gasteiger partial charge in [-0.2, -0.15) is 0 Å². The molecular weight excluding hydrogens is 329 g/mol. The molecule has 0 heterocycles. The second kappa shape index (κ2) is 8.23. The van der Waals surface area contributed by atoms with Crippen LogP contribution in [0.15, 0.2) is 78.9 Å². The molecule has 0 aromatic heterocycles. The minimum absolute atomic E-state index is 0.263. The van der Waals surface area contributed by atoms with Crippen LogP contribution in [-0.2, 0) is 4.79 Å². The molecule has 0 saturated carbocycles. The van der Waals surface area contributed by atoms with Crippen LogP contribution in [0.3, 0.4) is 0 Å². The molecule has 0 aliphatic carbocycles. The van der Waals surface area contributed by atoms with Crippen LogP contribution in [0, 0.1) is 5.82 Å². The number of carbonyl (C=O) groups excluding carboxylic acids is 1. The van der Waals surface area contributed by atoms with Gasteiger partial charge in [0, 0.05) is 0 Å². The normalized spacial score (nSPS) is 12.1. The van der Waals surface area contributed by atoms with Gasteiger partial charge in [-0.15, -0.1) is 0 Å². The topological polar surface area (TPSA) is 49.3 Å². The van der Waals surface area contributed by atoms with Crippen molar-refractivity contribution in [3.63, 3.8) is 0 Å². The molecule has 0 spiro atoms. The van der Waals surface area contributed by atoms with Crippen molar-refractivity contribution in [3.05, 3.63) is 107 Å². The highest BCUT2D eigenvalue weighted by Gasteiger charge is 2.21. The molecule has 0 radical (unpaired) electrons. The molecule has 0 bridgehead atoms. The third kappa shape index (κ3) is 4.23. The Hall–Kier alpha value is -3.24. The number of hydrogen-bond acceptors (Lipinski definition) is 2. The predicted octanol–water partition coefficient (Wildman–Crippen LogP) is 4.63. The first kappa shape index (κ1) is 17.6. The molecule has 2 N–H and O–H groups in total. The van der Waals surface area contributed by atoms with E-state index >= 15 is 0 Å². The molecule has 0 aliphatic heterocycles. The minimum Gasteiger partial charge on any atom is -0.289 e. The van der Waals surface area contributed by atoms with Crippen LogP contribution in [0.5, 0.6) is 0 Å². The van der Waals surface area contributed by atoms with Gasteiger partial charge in [-0.3, -0.25) is 10.0 Å². The van der Waals surface area contributed by atoms with E-state index in [0.29, 0.717) is 0 Å². The van der Waals surface area contributed by atoms with Gasteiger partial charge in [0.2, 0.25) is 0 Å². The summed E-state index contributed by atoms with van der Waals surface area (Å²) < 4.78 is 12.9. The van der Waals surface area contributed by atoms with Crippen molar-refractivity contribution in [2.75, 3.05) is 0 Å². The van der Waals surface area contributed by atoms with E-state index in [1.54, 1.807) is 17.6 Å². The quantitative estimate of drug-likeness (QED) is 0.401. The average molecular weight is 347 g/mol. The highest BCUT2D eigenvalue weighted by Crippen LogP contribution is 2.25. The lowest BCUT2D eigenvalue weighted by Gasteiger charge is -2.16. The second-order valence-corrected chi connectivity index (χ2v) is 5.87. The Morgan fingerprint density at radius 3 is 1.85 bits per heavy atom. The lowest BCUT2D eigenvalue weighted by molar-refractivity contribution is -0.129. The zero-order valence-corrected chi connectivity index (χ0v) is 14.0. The number of halogens is 1. The first-order chi connectivity index (χ1) is 12.7.